The topological polar surface area (TPSA) is 60.9 Å². The van der Waals surface area contributed by atoms with Crippen molar-refractivity contribution in [3.63, 3.8) is 0 Å². The molecule has 3 aromatic carbocycles. The van der Waals surface area contributed by atoms with Crippen molar-refractivity contribution in [2.24, 2.45) is 0 Å². The van der Waals surface area contributed by atoms with Gasteiger partial charge < -0.3 is 4.90 Å². The van der Waals surface area contributed by atoms with E-state index in [0.717, 1.165) is 23.9 Å². The molecule has 0 bridgehead atoms. The number of halogens is 2. The molecular weight excluding hydrogens is 493 g/mol. The summed E-state index contributed by atoms with van der Waals surface area (Å²) in [7, 11) is -4.01. The van der Waals surface area contributed by atoms with Gasteiger partial charge in [-0.2, -0.15) is 0 Å². The van der Waals surface area contributed by atoms with E-state index in [1.54, 1.807) is 23.1 Å². The highest BCUT2D eigenvalue weighted by Crippen LogP contribution is 2.30. The van der Waals surface area contributed by atoms with E-state index in [4.69, 9.17) is 23.2 Å². The van der Waals surface area contributed by atoms with E-state index < -0.39 is 10.0 Å². The van der Waals surface area contributed by atoms with E-state index >= 15 is 0 Å². The second-order valence-corrected chi connectivity index (χ2v) is 10.8. The molecule has 0 atom stereocenters. The molecule has 178 valence electrons. The number of sulfonamides is 1. The lowest BCUT2D eigenvalue weighted by molar-refractivity contribution is -0.131. The van der Waals surface area contributed by atoms with Crippen molar-refractivity contribution in [2.45, 2.75) is 11.4 Å². The van der Waals surface area contributed by atoms with Gasteiger partial charge >= 0.3 is 0 Å². The Morgan fingerprint density at radius 1 is 0.824 bits per heavy atom. The van der Waals surface area contributed by atoms with Gasteiger partial charge in [0.05, 0.1) is 10.6 Å². The van der Waals surface area contributed by atoms with Crippen LogP contribution in [0.4, 0.5) is 5.69 Å². The summed E-state index contributed by atoms with van der Waals surface area (Å²) in [5.41, 5.74) is 1.47. The predicted octanol–water partition coefficient (Wildman–Crippen LogP) is 4.53. The fraction of sp³-hybridized carbons (Fsp3) is 0.240. The van der Waals surface area contributed by atoms with Crippen molar-refractivity contribution in [2.75, 3.05) is 37.0 Å². The fourth-order valence-electron chi connectivity index (χ4n) is 3.94. The quantitative estimate of drug-likeness (QED) is 0.461. The van der Waals surface area contributed by atoms with Gasteiger partial charge in [0, 0.05) is 42.8 Å². The van der Waals surface area contributed by atoms with Crippen LogP contribution in [0.3, 0.4) is 0 Å². The molecule has 3 aromatic rings. The zero-order valence-corrected chi connectivity index (χ0v) is 20.8. The number of hydrogen-bond acceptors (Lipinski definition) is 4. The molecule has 0 aromatic heterocycles. The minimum absolute atomic E-state index is 0.0894. The van der Waals surface area contributed by atoms with Crippen molar-refractivity contribution < 1.29 is 13.2 Å². The number of benzene rings is 3. The number of hydrogen-bond donors (Lipinski definition) is 0. The highest BCUT2D eigenvalue weighted by atomic mass is 35.5. The Labute approximate surface area is 210 Å². The molecule has 1 aliphatic heterocycles. The Morgan fingerprint density at radius 2 is 1.38 bits per heavy atom. The molecule has 1 saturated heterocycles. The van der Waals surface area contributed by atoms with Crippen molar-refractivity contribution in [1.82, 2.24) is 9.80 Å². The highest BCUT2D eigenvalue weighted by molar-refractivity contribution is 7.92. The van der Waals surface area contributed by atoms with Gasteiger partial charge in [-0.15, -0.1) is 0 Å². The van der Waals surface area contributed by atoms with Crippen LogP contribution in [0, 0.1) is 0 Å². The molecule has 0 radical (unpaired) electrons. The van der Waals surface area contributed by atoms with Crippen LogP contribution < -0.4 is 4.31 Å². The monoisotopic (exact) mass is 517 g/mol. The number of carbonyl (C=O) groups is 1. The van der Waals surface area contributed by atoms with Crippen molar-refractivity contribution >= 4 is 44.8 Å². The number of anilines is 1. The van der Waals surface area contributed by atoms with Crippen LogP contribution in [-0.2, 0) is 21.4 Å². The smallest absolute Gasteiger partial charge is 0.264 e. The van der Waals surface area contributed by atoms with Gasteiger partial charge in [0.25, 0.3) is 10.0 Å². The molecule has 34 heavy (non-hydrogen) atoms. The van der Waals surface area contributed by atoms with Crippen LogP contribution in [0.25, 0.3) is 0 Å². The first-order valence-electron chi connectivity index (χ1n) is 10.9. The van der Waals surface area contributed by atoms with Gasteiger partial charge in [-0.05, 0) is 35.9 Å². The first-order chi connectivity index (χ1) is 16.3. The summed E-state index contributed by atoms with van der Waals surface area (Å²) in [6, 6.07) is 22.7. The van der Waals surface area contributed by atoms with Crippen LogP contribution >= 0.6 is 23.2 Å². The lowest BCUT2D eigenvalue weighted by Crippen LogP contribution is -2.51. The van der Waals surface area contributed by atoms with E-state index in [0.29, 0.717) is 13.1 Å². The number of carbonyl (C=O) groups excluding carboxylic acids is 1. The third-order valence-corrected chi connectivity index (χ3v) is 7.94. The molecule has 1 aliphatic rings. The van der Waals surface area contributed by atoms with Gasteiger partial charge in [0.2, 0.25) is 5.91 Å². The third kappa shape index (κ3) is 5.91. The summed E-state index contributed by atoms with van der Waals surface area (Å²) in [6.45, 7) is 2.97. The van der Waals surface area contributed by atoms with Crippen LogP contribution in [0.1, 0.15) is 5.56 Å². The Kier molecular flexibility index (Phi) is 7.78. The fourth-order valence-corrected chi connectivity index (χ4v) is 5.87. The lowest BCUT2D eigenvalue weighted by Gasteiger charge is -2.36. The summed E-state index contributed by atoms with van der Waals surface area (Å²) >= 11 is 12.3. The normalized spacial score (nSPS) is 14.7. The van der Waals surface area contributed by atoms with Crippen molar-refractivity contribution in [3.8, 4) is 0 Å². The van der Waals surface area contributed by atoms with Crippen molar-refractivity contribution in [3.05, 3.63) is 94.5 Å². The maximum atomic E-state index is 13.5. The van der Waals surface area contributed by atoms with Crippen LogP contribution in [0.15, 0.2) is 83.8 Å². The number of rotatable bonds is 7. The molecule has 0 N–H and O–H groups in total. The summed E-state index contributed by atoms with van der Waals surface area (Å²) in [6.07, 6.45) is 0. The average Bonchev–Trinajstić information content (AvgIpc) is 2.83. The minimum Gasteiger partial charge on any atom is -0.339 e. The zero-order valence-electron chi connectivity index (χ0n) is 18.5. The Balaban J connectivity index is 1.51. The molecule has 1 amide bonds. The SMILES string of the molecule is O=C(CN(c1cc(Cl)cc(Cl)c1)S(=O)(=O)c1ccccc1)N1CCN(Cc2ccccc2)CC1. The maximum absolute atomic E-state index is 13.5. The predicted molar refractivity (Wildman–Crippen MR) is 136 cm³/mol. The second kappa shape index (κ2) is 10.8. The lowest BCUT2D eigenvalue weighted by atomic mass is 10.2. The van der Waals surface area contributed by atoms with Crippen molar-refractivity contribution in [1.29, 1.82) is 0 Å². The van der Waals surface area contributed by atoms with E-state index in [1.807, 2.05) is 18.2 Å². The maximum Gasteiger partial charge on any atom is 0.264 e. The Morgan fingerprint density at radius 3 is 1.97 bits per heavy atom. The van der Waals surface area contributed by atoms with E-state index in [9.17, 15) is 13.2 Å². The summed E-state index contributed by atoms with van der Waals surface area (Å²) < 4.78 is 28.1. The van der Waals surface area contributed by atoms with E-state index in [2.05, 4.69) is 17.0 Å². The molecule has 0 aliphatic carbocycles. The molecule has 6 nitrogen and oxygen atoms in total. The van der Waals surface area contributed by atoms with E-state index in [1.165, 1.54) is 35.9 Å². The summed E-state index contributed by atoms with van der Waals surface area (Å²) in [5.74, 6) is -0.269. The molecule has 1 heterocycles. The zero-order chi connectivity index (χ0) is 24.1. The molecule has 9 heteroatoms. The number of piperazine rings is 1. The summed E-state index contributed by atoms with van der Waals surface area (Å²) in [5, 5.41) is 0.579. The largest absolute Gasteiger partial charge is 0.339 e. The van der Waals surface area contributed by atoms with Gasteiger partial charge in [-0.1, -0.05) is 71.7 Å². The van der Waals surface area contributed by atoms with Gasteiger partial charge in [-0.3, -0.25) is 14.0 Å². The van der Waals surface area contributed by atoms with Gasteiger partial charge in [0.1, 0.15) is 6.54 Å². The van der Waals surface area contributed by atoms with Gasteiger partial charge in [-0.25, -0.2) is 8.42 Å². The van der Waals surface area contributed by atoms with Crippen LogP contribution in [0.2, 0.25) is 10.0 Å². The van der Waals surface area contributed by atoms with Gasteiger partial charge in [0.15, 0.2) is 0 Å². The number of nitrogens with zero attached hydrogens (tertiary/aromatic N) is 3. The third-order valence-electron chi connectivity index (χ3n) is 5.72. The van der Waals surface area contributed by atoms with E-state index in [-0.39, 0.29) is 33.1 Å². The molecule has 1 fully saturated rings. The molecule has 4 rings (SSSR count). The summed E-state index contributed by atoms with van der Waals surface area (Å²) in [4.78, 5) is 17.3. The number of amides is 1. The first-order valence-corrected chi connectivity index (χ1v) is 13.1. The second-order valence-electron chi connectivity index (χ2n) is 8.09. The standard InChI is InChI=1S/C25H25Cl2N3O3S/c26-21-15-22(27)17-23(16-21)30(34(32,33)24-9-5-2-6-10-24)19-25(31)29-13-11-28(12-14-29)18-20-7-3-1-4-8-20/h1-10,15-17H,11-14,18-19H2. The first kappa shape index (κ1) is 24.5. The molecule has 0 spiro atoms. The molecule has 0 saturated carbocycles. The van der Waals surface area contributed by atoms with Crippen LogP contribution in [0.5, 0.6) is 0 Å². The molecule has 0 unspecified atom stereocenters. The minimum atomic E-state index is -4.01. The molecular formula is C25H25Cl2N3O3S. The van der Waals surface area contributed by atoms with Crippen LogP contribution in [-0.4, -0.2) is 56.8 Å². The highest BCUT2D eigenvalue weighted by Gasteiger charge is 2.30. The Bertz CT molecular complexity index is 1210. The average molecular weight is 518 g/mol. The Hall–Kier alpha value is -2.58.